The Balaban J connectivity index is 2.26. The topological polar surface area (TPSA) is 58.1 Å². The van der Waals surface area contributed by atoms with Crippen molar-refractivity contribution in [1.29, 1.82) is 0 Å². The Morgan fingerprint density at radius 1 is 1.29 bits per heavy atom. The number of aromatic nitrogens is 2. The van der Waals surface area contributed by atoms with E-state index in [1.165, 1.54) is 31.2 Å². The smallest absolute Gasteiger partial charge is 0.147 e. The lowest BCUT2D eigenvalue weighted by atomic mass is 9.68. The molecule has 6 heteroatoms. The molecule has 2 N–H and O–H groups in total. The molecule has 0 saturated heterocycles. The van der Waals surface area contributed by atoms with Gasteiger partial charge in [0.15, 0.2) is 0 Å². The Labute approximate surface area is 177 Å². The molecule has 0 aliphatic heterocycles. The van der Waals surface area contributed by atoms with Crippen LogP contribution >= 0.6 is 11.6 Å². The van der Waals surface area contributed by atoms with Crippen LogP contribution in [0.25, 0.3) is 0 Å². The highest BCUT2D eigenvalue weighted by Crippen LogP contribution is 2.48. The largest absolute Gasteiger partial charge is 0.418 e. The molecule has 0 fully saturated rings. The summed E-state index contributed by atoms with van der Waals surface area (Å²) in [4.78, 5) is 7.67. The number of aromatic amines is 1. The van der Waals surface area contributed by atoms with Gasteiger partial charge >= 0.3 is 0 Å². The van der Waals surface area contributed by atoms with E-state index in [1.807, 2.05) is 12.1 Å². The SMILES string of the molecule is CCCCCCC(C)(CC(O[SiH3])c1ncc(CO)[nH]1)C(C)c1ccccc1Cl. The summed E-state index contributed by atoms with van der Waals surface area (Å²) in [5, 5.41) is 10.2. The van der Waals surface area contributed by atoms with Crippen molar-refractivity contribution in [1.82, 2.24) is 9.97 Å². The van der Waals surface area contributed by atoms with Gasteiger partial charge in [0.05, 0.1) is 18.5 Å². The number of nitrogens with one attached hydrogen (secondary N) is 1. The lowest BCUT2D eigenvalue weighted by Crippen LogP contribution is -2.28. The van der Waals surface area contributed by atoms with Gasteiger partial charge in [0.25, 0.3) is 0 Å². The van der Waals surface area contributed by atoms with Crippen LogP contribution in [0.5, 0.6) is 0 Å². The zero-order valence-electron chi connectivity index (χ0n) is 17.7. The minimum atomic E-state index is -0.0897. The van der Waals surface area contributed by atoms with Crippen molar-refractivity contribution >= 4 is 22.1 Å². The molecule has 0 amide bonds. The van der Waals surface area contributed by atoms with Crippen molar-refractivity contribution in [2.75, 3.05) is 0 Å². The van der Waals surface area contributed by atoms with E-state index in [2.05, 4.69) is 42.9 Å². The fraction of sp³-hybridized carbons (Fsp3) is 0.591. The first-order chi connectivity index (χ1) is 13.4. The lowest BCUT2D eigenvalue weighted by Gasteiger charge is -2.39. The van der Waals surface area contributed by atoms with E-state index in [0.29, 0.717) is 16.4 Å². The summed E-state index contributed by atoms with van der Waals surface area (Å²) in [5.74, 6) is 1.11. The van der Waals surface area contributed by atoms with Crippen molar-refractivity contribution in [3.63, 3.8) is 0 Å². The van der Waals surface area contributed by atoms with Gasteiger partial charge in [-0.25, -0.2) is 4.98 Å². The first kappa shape index (κ1) is 23.1. The normalized spacial score (nSPS) is 16.0. The lowest BCUT2D eigenvalue weighted by molar-refractivity contribution is 0.103. The molecule has 3 atom stereocenters. The van der Waals surface area contributed by atoms with Gasteiger partial charge in [-0.2, -0.15) is 0 Å². The third kappa shape index (κ3) is 5.93. The highest BCUT2D eigenvalue weighted by Gasteiger charge is 2.36. The maximum absolute atomic E-state index is 9.35. The van der Waals surface area contributed by atoms with Crippen molar-refractivity contribution < 1.29 is 9.53 Å². The highest BCUT2D eigenvalue weighted by atomic mass is 35.5. The molecule has 3 unspecified atom stereocenters. The molecule has 0 radical (unpaired) electrons. The molecule has 1 aromatic heterocycles. The van der Waals surface area contributed by atoms with Crippen LogP contribution in [0.2, 0.25) is 5.02 Å². The number of hydrogen-bond acceptors (Lipinski definition) is 3. The van der Waals surface area contributed by atoms with E-state index in [0.717, 1.165) is 29.4 Å². The summed E-state index contributed by atoms with van der Waals surface area (Å²) in [7, 11) is 0.633. The number of benzene rings is 1. The van der Waals surface area contributed by atoms with Crippen LogP contribution in [-0.4, -0.2) is 25.6 Å². The fourth-order valence-electron chi connectivity index (χ4n) is 3.99. The van der Waals surface area contributed by atoms with Crippen LogP contribution in [0.1, 0.15) is 88.4 Å². The van der Waals surface area contributed by atoms with E-state index >= 15 is 0 Å². The second kappa shape index (κ2) is 11.1. The van der Waals surface area contributed by atoms with E-state index in [9.17, 15) is 5.11 Å². The van der Waals surface area contributed by atoms with E-state index in [-0.39, 0.29) is 18.1 Å². The first-order valence-corrected chi connectivity index (χ1v) is 11.6. The summed E-state index contributed by atoms with van der Waals surface area (Å²) >= 11 is 6.55. The molecule has 0 aliphatic rings. The Morgan fingerprint density at radius 3 is 2.64 bits per heavy atom. The second-order valence-electron chi connectivity index (χ2n) is 8.09. The number of hydrogen-bond donors (Lipinski definition) is 2. The summed E-state index contributed by atoms with van der Waals surface area (Å²) in [6.07, 6.45) is 8.55. The van der Waals surface area contributed by atoms with Crippen LogP contribution in [0, 0.1) is 5.41 Å². The predicted octanol–water partition coefficient (Wildman–Crippen LogP) is 5.06. The van der Waals surface area contributed by atoms with Gasteiger partial charge in [0, 0.05) is 5.02 Å². The molecule has 156 valence electrons. The molecular formula is C22H35ClN2O2Si. The van der Waals surface area contributed by atoms with Gasteiger partial charge in [-0.05, 0) is 35.8 Å². The first-order valence-electron chi connectivity index (χ1n) is 10.4. The van der Waals surface area contributed by atoms with Crippen molar-refractivity contribution in [3.8, 4) is 0 Å². The van der Waals surface area contributed by atoms with Gasteiger partial charge in [-0.1, -0.05) is 76.3 Å². The Morgan fingerprint density at radius 2 is 2.04 bits per heavy atom. The van der Waals surface area contributed by atoms with Crippen LogP contribution in [0.4, 0.5) is 0 Å². The third-order valence-electron chi connectivity index (χ3n) is 6.08. The summed E-state index contributed by atoms with van der Waals surface area (Å²) < 4.78 is 5.96. The predicted molar refractivity (Wildman–Crippen MR) is 120 cm³/mol. The Hall–Kier alpha value is -1.14. The number of aliphatic hydroxyl groups is 1. The maximum Gasteiger partial charge on any atom is 0.147 e. The number of halogens is 1. The molecule has 1 heterocycles. The highest BCUT2D eigenvalue weighted by molar-refractivity contribution is 6.31. The average molecular weight is 423 g/mol. The minimum absolute atomic E-state index is 0.0278. The summed E-state index contributed by atoms with van der Waals surface area (Å²) in [5.41, 5.74) is 1.95. The number of H-pyrrole nitrogens is 1. The standard InChI is InChI=1S/C22H35ClN2O2Si/c1-4-5-6-9-12-22(3,16(2)18-10-7-8-11-19(18)23)13-20(27-28)21-24-14-17(15-26)25-21/h7-8,10-11,14,16,20,26H,4-6,9,12-13,15H2,1-3,28H3,(H,24,25). The Bertz CT molecular complexity index is 724. The molecule has 0 saturated carbocycles. The third-order valence-corrected chi connectivity index (χ3v) is 6.99. The Kier molecular flexibility index (Phi) is 9.21. The molecule has 0 bridgehead atoms. The van der Waals surface area contributed by atoms with Gasteiger partial charge in [-0.15, -0.1) is 0 Å². The van der Waals surface area contributed by atoms with Crippen molar-refractivity contribution in [3.05, 3.63) is 52.6 Å². The molecular weight excluding hydrogens is 388 g/mol. The molecule has 28 heavy (non-hydrogen) atoms. The number of rotatable bonds is 12. The monoisotopic (exact) mass is 422 g/mol. The van der Waals surface area contributed by atoms with Crippen LogP contribution in [-0.2, 0) is 11.0 Å². The molecule has 2 rings (SSSR count). The number of unbranched alkanes of at least 4 members (excludes halogenated alkanes) is 3. The average Bonchev–Trinajstić information content (AvgIpc) is 3.18. The van der Waals surface area contributed by atoms with Crippen molar-refractivity contribution in [2.24, 2.45) is 5.41 Å². The maximum atomic E-state index is 9.35. The minimum Gasteiger partial charge on any atom is -0.418 e. The molecule has 0 aliphatic carbocycles. The van der Waals surface area contributed by atoms with E-state index < -0.39 is 0 Å². The summed E-state index contributed by atoms with van der Waals surface area (Å²) in [6, 6.07) is 8.17. The molecule has 4 nitrogen and oxygen atoms in total. The van der Waals surface area contributed by atoms with Gasteiger partial charge in [0.2, 0.25) is 0 Å². The second-order valence-corrected chi connectivity index (χ2v) is 8.97. The zero-order chi connectivity index (χ0) is 20.6. The van der Waals surface area contributed by atoms with Crippen LogP contribution in [0.3, 0.4) is 0 Å². The molecule has 2 aromatic rings. The van der Waals surface area contributed by atoms with Gasteiger partial charge in [-0.3, -0.25) is 0 Å². The fourth-order valence-corrected chi connectivity index (χ4v) is 4.68. The van der Waals surface area contributed by atoms with E-state index in [1.54, 1.807) is 6.20 Å². The van der Waals surface area contributed by atoms with E-state index in [4.69, 9.17) is 16.0 Å². The number of imidazole rings is 1. The quantitative estimate of drug-likeness (QED) is 0.371. The van der Waals surface area contributed by atoms with Crippen molar-refractivity contribution in [2.45, 2.75) is 77.9 Å². The number of aliphatic hydroxyl groups excluding tert-OH is 1. The molecule has 0 spiro atoms. The van der Waals surface area contributed by atoms with Gasteiger partial charge in [0.1, 0.15) is 22.4 Å². The summed E-state index contributed by atoms with van der Waals surface area (Å²) in [6.45, 7) is 6.85. The van der Waals surface area contributed by atoms with Crippen LogP contribution < -0.4 is 0 Å². The van der Waals surface area contributed by atoms with Crippen LogP contribution in [0.15, 0.2) is 30.5 Å². The number of nitrogens with zero attached hydrogens (tertiary/aromatic N) is 1. The molecule has 1 aromatic carbocycles. The zero-order valence-corrected chi connectivity index (χ0v) is 20.4. The van der Waals surface area contributed by atoms with Gasteiger partial charge < -0.3 is 14.5 Å².